The van der Waals surface area contributed by atoms with Gasteiger partial charge in [-0.2, -0.15) is 10.5 Å². The molecule has 4 nitrogen and oxygen atoms in total. The highest BCUT2D eigenvalue weighted by Gasteiger charge is 2.43. The van der Waals surface area contributed by atoms with Crippen molar-refractivity contribution >= 4 is 51.5 Å². The molecule has 0 aromatic heterocycles. The lowest BCUT2D eigenvalue weighted by Crippen LogP contribution is -2.61. The predicted molar refractivity (Wildman–Crippen MR) is 190 cm³/mol. The van der Waals surface area contributed by atoms with Gasteiger partial charge in [0.2, 0.25) is 0 Å². The first-order chi connectivity index (χ1) is 21.8. The van der Waals surface area contributed by atoms with E-state index in [0.29, 0.717) is 11.1 Å². The average molecular weight is 587 g/mol. The summed E-state index contributed by atoms with van der Waals surface area (Å²) < 4.78 is 0. The van der Waals surface area contributed by atoms with Crippen LogP contribution in [0, 0.1) is 36.5 Å². The zero-order valence-electron chi connectivity index (χ0n) is 27.2. The molecule has 222 valence electrons. The fraction of sp³-hybridized carbons (Fsp3) is 0.250. The van der Waals surface area contributed by atoms with Gasteiger partial charge < -0.3 is 9.80 Å². The van der Waals surface area contributed by atoms with E-state index in [4.69, 9.17) is 0 Å². The van der Waals surface area contributed by atoms with Crippen molar-refractivity contribution in [1.29, 1.82) is 10.5 Å². The zero-order valence-corrected chi connectivity index (χ0v) is 27.2. The molecule has 2 aliphatic rings. The molecule has 0 radical (unpaired) electrons. The van der Waals surface area contributed by atoms with Crippen LogP contribution in [-0.2, 0) is 6.42 Å². The monoisotopic (exact) mass is 586 g/mol. The number of rotatable bonds is 7. The Morgan fingerprint density at radius 1 is 0.778 bits per heavy atom. The van der Waals surface area contributed by atoms with Crippen molar-refractivity contribution in [2.24, 2.45) is 0 Å². The maximum absolute atomic E-state index is 10.0. The largest absolute Gasteiger partial charge is 0.312 e. The summed E-state index contributed by atoms with van der Waals surface area (Å²) >= 11 is 0. The highest BCUT2D eigenvalue weighted by atomic mass is 15.2. The molecule has 2 aliphatic heterocycles. The van der Waals surface area contributed by atoms with Crippen molar-refractivity contribution in [2.45, 2.75) is 67.2 Å². The summed E-state index contributed by atoms with van der Waals surface area (Å²) in [6, 6.07) is 28.6. The van der Waals surface area contributed by atoms with Crippen LogP contribution in [0.5, 0.6) is 0 Å². The van der Waals surface area contributed by atoms with Crippen LogP contribution in [0.25, 0.3) is 0 Å². The number of allylic oxidation sites excluding steroid dienone is 3. The molecule has 45 heavy (non-hydrogen) atoms. The lowest BCUT2D eigenvalue weighted by molar-refractivity contribution is 0.795. The van der Waals surface area contributed by atoms with Crippen molar-refractivity contribution < 1.29 is 0 Å². The zero-order chi connectivity index (χ0) is 31.8. The number of anilines is 5. The maximum atomic E-state index is 10.0. The lowest BCUT2D eigenvalue weighted by atomic mass is 9.33. The number of fused-ring (bicyclic) bond motifs is 4. The van der Waals surface area contributed by atoms with E-state index >= 15 is 0 Å². The number of nitrogens with zero attached hydrogens (tertiary/aromatic N) is 4. The number of unbranched alkanes of at least 4 members (excludes halogenated alkanes) is 1. The van der Waals surface area contributed by atoms with Crippen molar-refractivity contribution in [3.05, 3.63) is 118 Å². The molecule has 5 heteroatoms. The second-order valence-corrected chi connectivity index (χ2v) is 12.6. The van der Waals surface area contributed by atoms with E-state index in [1.54, 1.807) is 0 Å². The maximum Gasteiger partial charge on any atom is 0.252 e. The minimum absolute atomic E-state index is 0.0475. The molecule has 0 aliphatic carbocycles. The molecule has 0 atom stereocenters. The minimum Gasteiger partial charge on any atom is -0.312 e. The molecule has 0 spiro atoms. The Hall–Kier alpha value is -5.00. The summed E-state index contributed by atoms with van der Waals surface area (Å²) in [5, 5.41) is 20.0. The van der Waals surface area contributed by atoms with Gasteiger partial charge in [-0.1, -0.05) is 50.1 Å². The van der Waals surface area contributed by atoms with E-state index in [1.165, 1.54) is 33.2 Å². The van der Waals surface area contributed by atoms with Crippen LogP contribution >= 0.6 is 0 Å². The van der Waals surface area contributed by atoms with Crippen molar-refractivity contribution in [3.8, 4) is 12.1 Å². The summed E-state index contributed by atoms with van der Waals surface area (Å²) in [5.74, 6) is 0. The Labute approximate surface area is 268 Å². The molecule has 4 aromatic carbocycles. The van der Waals surface area contributed by atoms with Gasteiger partial charge in [-0.3, -0.25) is 0 Å². The summed E-state index contributed by atoms with van der Waals surface area (Å²) in [7, 11) is 0. The van der Waals surface area contributed by atoms with E-state index in [2.05, 4.69) is 130 Å². The molecular formula is C40H39BN4. The summed E-state index contributed by atoms with van der Waals surface area (Å²) in [6.07, 6.45) is 8.62. The fourth-order valence-corrected chi connectivity index (χ4v) is 7.07. The molecule has 0 saturated heterocycles. The van der Waals surface area contributed by atoms with E-state index in [-0.39, 0.29) is 6.71 Å². The van der Waals surface area contributed by atoms with Gasteiger partial charge >= 0.3 is 0 Å². The smallest absolute Gasteiger partial charge is 0.252 e. The quantitative estimate of drug-likeness (QED) is 0.142. The molecule has 0 fully saturated rings. The third-order valence-corrected chi connectivity index (χ3v) is 8.78. The second kappa shape index (κ2) is 12.2. The number of hydrogen-bond acceptors (Lipinski definition) is 4. The molecule has 0 unspecified atom stereocenters. The van der Waals surface area contributed by atoms with E-state index in [1.807, 2.05) is 12.1 Å². The fourth-order valence-electron chi connectivity index (χ4n) is 7.07. The highest BCUT2D eigenvalue weighted by molar-refractivity contribution is 7.00. The van der Waals surface area contributed by atoms with Crippen LogP contribution < -0.4 is 26.2 Å². The first kappa shape index (κ1) is 30.0. The van der Waals surface area contributed by atoms with Gasteiger partial charge in [0.05, 0.1) is 23.3 Å². The Balaban J connectivity index is 1.77. The first-order valence-corrected chi connectivity index (χ1v) is 16.1. The minimum atomic E-state index is -0.0475. The van der Waals surface area contributed by atoms with Gasteiger partial charge in [-0.05, 0) is 135 Å². The van der Waals surface area contributed by atoms with E-state index in [9.17, 15) is 10.5 Å². The molecule has 0 amide bonds. The molecule has 0 bridgehead atoms. The Kier molecular flexibility index (Phi) is 8.13. The van der Waals surface area contributed by atoms with Crippen molar-refractivity contribution in [1.82, 2.24) is 0 Å². The Bertz CT molecular complexity index is 1950. The van der Waals surface area contributed by atoms with Crippen LogP contribution in [0.4, 0.5) is 28.4 Å². The first-order valence-electron chi connectivity index (χ1n) is 16.1. The highest BCUT2D eigenvalue weighted by Crippen LogP contribution is 2.44. The van der Waals surface area contributed by atoms with Gasteiger partial charge in [0.1, 0.15) is 0 Å². The molecule has 6 rings (SSSR count). The van der Waals surface area contributed by atoms with Gasteiger partial charge in [0, 0.05) is 34.1 Å². The third-order valence-electron chi connectivity index (χ3n) is 8.78. The molecule has 2 heterocycles. The van der Waals surface area contributed by atoms with Gasteiger partial charge in [0.25, 0.3) is 6.71 Å². The van der Waals surface area contributed by atoms with Crippen LogP contribution in [0.15, 0.2) is 90.2 Å². The van der Waals surface area contributed by atoms with Gasteiger partial charge in [-0.15, -0.1) is 0 Å². The Morgan fingerprint density at radius 2 is 1.40 bits per heavy atom. The predicted octanol–water partition coefficient (Wildman–Crippen LogP) is 8.40. The number of benzene rings is 4. The number of hydrogen-bond donors (Lipinski definition) is 0. The standard InChI is InChI=1S/C40H39BN4/c1-7-9-11-29-20-38-40-39(21-29)45(33-18-27(5)17-28(6)19-33)37-23-31(25-43)13-15-35(37)41(40)34-14-12-30(24-42)22-36(34)44(38)32(10-8-2)16-26(3)4/h10,12-23H,7-9,11H2,1-6H3/b32-10+. The average Bonchev–Trinajstić information content (AvgIpc) is 3.02. The van der Waals surface area contributed by atoms with Crippen LogP contribution in [-0.4, -0.2) is 6.71 Å². The third kappa shape index (κ3) is 5.34. The number of nitriles is 2. The lowest BCUT2D eigenvalue weighted by Gasteiger charge is -2.45. The van der Waals surface area contributed by atoms with Gasteiger partial charge in [-0.25, -0.2) is 0 Å². The van der Waals surface area contributed by atoms with Crippen molar-refractivity contribution in [2.75, 3.05) is 9.80 Å². The van der Waals surface area contributed by atoms with Gasteiger partial charge in [0.15, 0.2) is 0 Å². The van der Waals surface area contributed by atoms with E-state index < -0.39 is 0 Å². The Morgan fingerprint density at radius 3 is 2.00 bits per heavy atom. The summed E-state index contributed by atoms with van der Waals surface area (Å²) in [6.45, 7) is 12.9. The molecule has 0 saturated carbocycles. The molecule has 0 N–H and O–H groups in total. The van der Waals surface area contributed by atoms with E-state index in [0.717, 1.165) is 65.3 Å². The number of aryl methyl sites for hydroxylation is 3. The van der Waals surface area contributed by atoms with Crippen LogP contribution in [0.2, 0.25) is 0 Å². The van der Waals surface area contributed by atoms with Crippen LogP contribution in [0.1, 0.15) is 74.8 Å². The van der Waals surface area contributed by atoms with Crippen molar-refractivity contribution in [3.63, 3.8) is 0 Å². The second-order valence-electron chi connectivity index (χ2n) is 12.6. The van der Waals surface area contributed by atoms with Crippen LogP contribution in [0.3, 0.4) is 0 Å². The summed E-state index contributed by atoms with van der Waals surface area (Å²) in [5.41, 5.74) is 16.4. The molecule has 4 aromatic rings. The SMILES string of the molecule is CC/C=C(\C=C(C)C)N1c2cc(C#N)ccc2B2c3ccc(C#N)cc3N(c3cc(C)cc(C)c3)c3cc(CCCC)cc1c32. The topological polar surface area (TPSA) is 54.1 Å². The summed E-state index contributed by atoms with van der Waals surface area (Å²) in [4.78, 5) is 4.78. The molecular weight excluding hydrogens is 547 g/mol. The normalized spacial score (nSPS) is 13.0.